The largest absolute Gasteiger partial charge is 0.467 e. The van der Waals surface area contributed by atoms with Crippen LogP contribution in [0.5, 0.6) is 0 Å². The van der Waals surface area contributed by atoms with Crippen molar-refractivity contribution >= 4 is 23.6 Å². The Morgan fingerprint density at radius 2 is 1.61 bits per heavy atom. The van der Waals surface area contributed by atoms with Gasteiger partial charge in [0.15, 0.2) is 0 Å². The molecule has 2 unspecified atom stereocenters. The molecule has 0 spiro atoms. The third kappa shape index (κ3) is 8.91. The van der Waals surface area contributed by atoms with Gasteiger partial charge in [-0.1, -0.05) is 30.3 Å². The Bertz CT molecular complexity index is 874. The Labute approximate surface area is 196 Å². The summed E-state index contributed by atoms with van der Waals surface area (Å²) in [6.07, 6.45) is 3.94. The number of alkyl carbamates (subject to hydrolysis) is 1. The minimum atomic E-state index is -0.848. The summed E-state index contributed by atoms with van der Waals surface area (Å²) in [7, 11) is 1.29. The van der Waals surface area contributed by atoms with Crippen molar-refractivity contribution in [3.8, 4) is 0 Å². The first-order chi connectivity index (χ1) is 15.3. The predicted octanol–water partition coefficient (Wildman–Crippen LogP) is 4.82. The van der Waals surface area contributed by atoms with Gasteiger partial charge in [-0.25, -0.2) is 9.59 Å². The van der Waals surface area contributed by atoms with E-state index in [4.69, 9.17) is 14.2 Å². The maximum Gasteiger partial charge on any atom is 0.408 e. The van der Waals surface area contributed by atoms with Crippen LogP contribution >= 0.6 is 0 Å². The van der Waals surface area contributed by atoms with E-state index in [1.807, 2.05) is 45.0 Å². The minimum Gasteiger partial charge on any atom is -0.467 e. The SMILES string of the molecule is COC(=O)C(Cc1ccc(C2=CCC(C(=O)OC(C)(C)C)CC2)cc1)NC(=O)OC(C)(C)C. The van der Waals surface area contributed by atoms with E-state index < -0.39 is 29.3 Å². The molecule has 0 radical (unpaired) electrons. The van der Waals surface area contributed by atoms with E-state index >= 15 is 0 Å². The number of amides is 1. The van der Waals surface area contributed by atoms with Crippen molar-refractivity contribution < 1.29 is 28.6 Å². The number of nitrogens with one attached hydrogen (secondary N) is 1. The second-order valence-corrected chi connectivity index (χ2v) is 10.4. The van der Waals surface area contributed by atoms with Crippen LogP contribution in [0.2, 0.25) is 0 Å². The zero-order valence-electron chi connectivity index (χ0n) is 20.8. The van der Waals surface area contributed by atoms with Crippen molar-refractivity contribution in [3.05, 3.63) is 41.5 Å². The molecule has 33 heavy (non-hydrogen) atoms. The first-order valence-corrected chi connectivity index (χ1v) is 11.4. The minimum absolute atomic E-state index is 0.105. The fourth-order valence-electron chi connectivity index (χ4n) is 3.57. The molecule has 1 amide bonds. The Hall–Kier alpha value is -2.83. The normalized spacial score (nSPS) is 17.4. The first kappa shape index (κ1) is 26.4. The smallest absolute Gasteiger partial charge is 0.408 e. The highest BCUT2D eigenvalue weighted by atomic mass is 16.6. The van der Waals surface area contributed by atoms with Gasteiger partial charge in [0.2, 0.25) is 0 Å². The molecule has 0 bridgehead atoms. The highest BCUT2D eigenvalue weighted by molar-refractivity contribution is 5.81. The summed E-state index contributed by atoms with van der Waals surface area (Å²) in [5.74, 6) is -0.778. The Balaban J connectivity index is 2.01. The topological polar surface area (TPSA) is 90.9 Å². The van der Waals surface area contributed by atoms with Gasteiger partial charge in [0.25, 0.3) is 0 Å². The van der Waals surface area contributed by atoms with Gasteiger partial charge in [0, 0.05) is 6.42 Å². The van der Waals surface area contributed by atoms with Crippen molar-refractivity contribution in [1.82, 2.24) is 5.32 Å². The van der Waals surface area contributed by atoms with Crippen LogP contribution in [0.1, 0.15) is 71.9 Å². The van der Waals surface area contributed by atoms with E-state index in [1.165, 1.54) is 12.7 Å². The summed E-state index contributed by atoms with van der Waals surface area (Å²) in [4.78, 5) is 36.6. The number of carbonyl (C=O) groups excluding carboxylic acids is 3. The Morgan fingerprint density at radius 1 is 1.00 bits per heavy atom. The quantitative estimate of drug-likeness (QED) is 0.484. The van der Waals surface area contributed by atoms with Gasteiger partial charge in [0.1, 0.15) is 17.2 Å². The fourth-order valence-corrected chi connectivity index (χ4v) is 3.57. The number of benzene rings is 1. The zero-order chi connectivity index (χ0) is 24.8. The van der Waals surface area contributed by atoms with Crippen LogP contribution in [-0.2, 0) is 30.2 Å². The molecule has 182 valence electrons. The third-order valence-electron chi connectivity index (χ3n) is 5.09. The number of rotatable bonds is 6. The third-order valence-corrected chi connectivity index (χ3v) is 5.09. The molecular formula is C26H37NO6. The van der Waals surface area contributed by atoms with Crippen LogP contribution < -0.4 is 5.32 Å². The highest BCUT2D eigenvalue weighted by Gasteiger charge is 2.28. The maximum absolute atomic E-state index is 12.3. The molecule has 1 aliphatic rings. The van der Waals surface area contributed by atoms with Gasteiger partial charge < -0.3 is 19.5 Å². The molecule has 0 fully saturated rings. The first-order valence-electron chi connectivity index (χ1n) is 11.4. The van der Waals surface area contributed by atoms with Crippen molar-refractivity contribution in [3.63, 3.8) is 0 Å². The van der Waals surface area contributed by atoms with Crippen LogP contribution in [0.15, 0.2) is 30.3 Å². The van der Waals surface area contributed by atoms with E-state index in [0.717, 1.165) is 24.0 Å². The molecular weight excluding hydrogens is 422 g/mol. The second kappa shape index (κ2) is 10.9. The van der Waals surface area contributed by atoms with E-state index in [2.05, 4.69) is 11.4 Å². The van der Waals surface area contributed by atoms with E-state index in [1.54, 1.807) is 20.8 Å². The van der Waals surface area contributed by atoms with E-state index in [9.17, 15) is 14.4 Å². The number of carbonyl (C=O) groups is 3. The molecule has 1 aliphatic carbocycles. The number of hydrogen-bond donors (Lipinski definition) is 1. The van der Waals surface area contributed by atoms with Crippen LogP contribution in [0.25, 0.3) is 5.57 Å². The average molecular weight is 460 g/mol. The number of esters is 2. The number of methoxy groups -OCH3 is 1. The van der Waals surface area contributed by atoms with Crippen molar-refractivity contribution in [1.29, 1.82) is 0 Å². The second-order valence-electron chi connectivity index (χ2n) is 10.4. The number of allylic oxidation sites excluding steroid dienone is 2. The highest BCUT2D eigenvalue weighted by Crippen LogP contribution is 2.32. The van der Waals surface area contributed by atoms with Crippen molar-refractivity contribution in [2.75, 3.05) is 7.11 Å². The summed E-state index contributed by atoms with van der Waals surface area (Å²) in [6, 6.07) is 7.01. The summed E-state index contributed by atoms with van der Waals surface area (Å²) < 4.78 is 15.6. The Morgan fingerprint density at radius 3 is 2.09 bits per heavy atom. The fraction of sp³-hybridized carbons (Fsp3) is 0.577. The molecule has 0 saturated heterocycles. The lowest BCUT2D eigenvalue weighted by atomic mass is 9.86. The van der Waals surface area contributed by atoms with Crippen molar-refractivity contribution in [2.24, 2.45) is 5.92 Å². The lowest BCUT2D eigenvalue weighted by Gasteiger charge is -2.26. The van der Waals surface area contributed by atoms with Crippen molar-refractivity contribution in [2.45, 2.75) is 84.5 Å². The van der Waals surface area contributed by atoms with Crippen LogP contribution in [-0.4, -0.2) is 42.4 Å². The maximum atomic E-state index is 12.3. The molecule has 2 rings (SSSR count). The van der Waals surface area contributed by atoms with Gasteiger partial charge in [-0.2, -0.15) is 0 Å². The summed E-state index contributed by atoms with van der Waals surface area (Å²) in [5, 5.41) is 2.59. The molecule has 0 aliphatic heterocycles. The summed E-state index contributed by atoms with van der Waals surface area (Å²) >= 11 is 0. The van der Waals surface area contributed by atoms with Crippen LogP contribution in [0.4, 0.5) is 4.79 Å². The molecule has 1 N–H and O–H groups in total. The number of hydrogen-bond acceptors (Lipinski definition) is 6. The molecule has 0 heterocycles. The van der Waals surface area contributed by atoms with E-state index in [0.29, 0.717) is 6.42 Å². The predicted molar refractivity (Wildman–Crippen MR) is 126 cm³/mol. The Kier molecular flexibility index (Phi) is 8.69. The van der Waals surface area contributed by atoms with Crippen LogP contribution in [0.3, 0.4) is 0 Å². The van der Waals surface area contributed by atoms with Gasteiger partial charge in [0.05, 0.1) is 13.0 Å². The summed E-state index contributed by atoms with van der Waals surface area (Å²) in [6.45, 7) is 10.9. The van der Waals surface area contributed by atoms with Gasteiger partial charge in [-0.15, -0.1) is 0 Å². The molecule has 0 aromatic heterocycles. The summed E-state index contributed by atoms with van der Waals surface area (Å²) in [5.41, 5.74) is 2.02. The lowest BCUT2D eigenvalue weighted by molar-refractivity contribution is -0.160. The molecule has 2 atom stereocenters. The molecule has 7 nitrogen and oxygen atoms in total. The van der Waals surface area contributed by atoms with Gasteiger partial charge >= 0.3 is 18.0 Å². The molecule has 0 saturated carbocycles. The zero-order valence-corrected chi connectivity index (χ0v) is 20.8. The monoisotopic (exact) mass is 459 g/mol. The average Bonchev–Trinajstić information content (AvgIpc) is 2.70. The number of ether oxygens (including phenoxy) is 3. The van der Waals surface area contributed by atoms with Gasteiger partial charge in [-0.05, 0) is 77.5 Å². The van der Waals surface area contributed by atoms with E-state index in [-0.39, 0.29) is 18.3 Å². The standard InChI is InChI=1S/C26H37NO6/c1-25(2,3)32-22(28)20-14-12-19(13-15-20)18-10-8-17(9-11-18)16-21(23(29)31-7)27-24(30)33-26(4,5)6/h8-12,20-21H,13-16H2,1-7H3,(H,27,30). The molecule has 7 heteroatoms. The molecule has 1 aromatic rings. The van der Waals surface area contributed by atoms with Gasteiger partial charge in [-0.3, -0.25) is 4.79 Å². The lowest BCUT2D eigenvalue weighted by Crippen LogP contribution is -2.45. The molecule has 1 aromatic carbocycles. The van der Waals surface area contributed by atoms with Crippen LogP contribution in [0, 0.1) is 5.92 Å².